The fraction of sp³-hybridized carbons (Fsp3) is 0.600. The Bertz CT molecular complexity index is 1030. The lowest BCUT2D eigenvalue weighted by molar-refractivity contribution is 0.114. The minimum Gasteiger partial charge on any atom is -0.507 e. The quantitative estimate of drug-likeness (QED) is 0.353. The lowest BCUT2D eigenvalue weighted by atomic mass is 9.73. The Morgan fingerprint density at radius 1 is 0.556 bits per heavy atom. The molecule has 2 rings (SSSR count). The van der Waals surface area contributed by atoms with Gasteiger partial charge in [0.25, 0.3) is 0 Å². The Hall–Kier alpha value is -1.68. The van der Waals surface area contributed by atoms with Crippen LogP contribution in [0.3, 0.4) is 0 Å². The van der Waals surface area contributed by atoms with Crippen molar-refractivity contribution < 1.29 is 23.8 Å². The number of halogens is 1. The number of benzene rings is 2. The van der Waals surface area contributed by atoms with Gasteiger partial charge in [-0.15, -0.1) is 0 Å². The van der Waals surface area contributed by atoms with Gasteiger partial charge in [-0.05, 0) is 63.0 Å². The molecule has 1 atom stereocenters. The summed E-state index contributed by atoms with van der Waals surface area (Å²) in [5.41, 5.74) is 0.749. The van der Waals surface area contributed by atoms with Crippen molar-refractivity contribution in [1.82, 2.24) is 0 Å². The fourth-order valence-corrected chi connectivity index (χ4v) is 4.90. The molecule has 0 aliphatic carbocycles. The third-order valence-electron chi connectivity index (χ3n) is 6.85. The van der Waals surface area contributed by atoms with Crippen molar-refractivity contribution in [2.75, 3.05) is 0 Å². The van der Waals surface area contributed by atoms with Crippen LogP contribution in [0, 0.1) is 0 Å². The Labute approximate surface area is 219 Å². The molecule has 0 fully saturated rings. The van der Waals surface area contributed by atoms with Crippen LogP contribution in [0.15, 0.2) is 24.3 Å². The van der Waals surface area contributed by atoms with E-state index in [0.29, 0.717) is 22.3 Å². The van der Waals surface area contributed by atoms with Gasteiger partial charge in [-0.25, -0.2) is 0 Å². The van der Waals surface area contributed by atoms with Crippen LogP contribution in [0.5, 0.6) is 11.5 Å². The third kappa shape index (κ3) is 6.23. The van der Waals surface area contributed by atoms with Crippen molar-refractivity contribution in [1.29, 1.82) is 0 Å². The highest BCUT2D eigenvalue weighted by Gasteiger charge is 2.42. The van der Waals surface area contributed by atoms with E-state index in [-0.39, 0.29) is 22.3 Å². The molecule has 2 aromatic carbocycles. The van der Waals surface area contributed by atoms with E-state index in [9.17, 15) is 19.3 Å². The molecular formula is C30H46FO4P. The molecule has 0 saturated carbocycles. The van der Waals surface area contributed by atoms with Gasteiger partial charge in [0.15, 0.2) is 0 Å². The summed E-state index contributed by atoms with van der Waals surface area (Å²) in [6, 6.07) is 7.57. The maximum Gasteiger partial charge on any atom is 0.373 e. The first-order valence-corrected chi connectivity index (χ1v) is 13.6. The number of phenols is 2. The predicted molar refractivity (Wildman–Crippen MR) is 149 cm³/mol. The Balaban J connectivity index is 3.15. The number of phenolic OH excluding ortho intramolecular Hbond substituents is 2. The maximum absolute atomic E-state index is 14.4. The smallest absolute Gasteiger partial charge is 0.373 e. The molecule has 0 aliphatic heterocycles. The molecule has 202 valence electrons. The van der Waals surface area contributed by atoms with Crippen LogP contribution in [0.1, 0.15) is 123 Å². The summed E-state index contributed by atoms with van der Waals surface area (Å²) in [7, 11) is -3.33. The summed E-state index contributed by atoms with van der Waals surface area (Å²) in [4.78, 5) is 9.92. The molecule has 0 bridgehead atoms. The Morgan fingerprint density at radius 3 is 1.06 bits per heavy atom. The topological polar surface area (TPSA) is 69.9 Å². The van der Waals surface area contributed by atoms with Crippen molar-refractivity contribution in [2.45, 2.75) is 117 Å². The van der Waals surface area contributed by atoms with E-state index in [1.165, 1.54) is 0 Å². The Morgan fingerprint density at radius 2 is 0.833 bits per heavy atom. The summed E-state index contributed by atoms with van der Waals surface area (Å²) < 4.78 is 20.1. The highest BCUT2D eigenvalue weighted by atomic mass is 31.2. The highest BCUT2D eigenvalue weighted by Crippen LogP contribution is 2.54. The van der Waals surface area contributed by atoms with Crippen molar-refractivity contribution >= 4 is 8.69 Å². The van der Waals surface area contributed by atoms with Gasteiger partial charge >= 0.3 is 8.69 Å². The highest BCUT2D eigenvalue weighted by molar-refractivity contribution is 7.40. The summed E-state index contributed by atoms with van der Waals surface area (Å²) in [5, 5.41) is 23.2. The van der Waals surface area contributed by atoms with Crippen LogP contribution >= 0.6 is 8.69 Å². The molecule has 0 amide bonds. The third-order valence-corrected chi connectivity index (χ3v) is 7.37. The predicted octanol–water partition coefficient (Wildman–Crippen LogP) is 8.76. The minimum atomic E-state index is -3.33. The van der Waals surface area contributed by atoms with E-state index in [4.69, 9.17) is 4.52 Å². The molecule has 0 aromatic heterocycles. The lowest BCUT2D eigenvalue weighted by Gasteiger charge is -2.37. The van der Waals surface area contributed by atoms with Gasteiger partial charge in [-0.3, -0.25) is 4.52 Å². The van der Waals surface area contributed by atoms with E-state index in [1.807, 2.05) is 65.8 Å². The second-order valence-electron chi connectivity index (χ2n) is 14.2. The molecule has 0 aliphatic rings. The van der Waals surface area contributed by atoms with Crippen molar-refractivity contribution in [3.63, 3.8) is 0 Å². The molecular weight excluding hydrogens is 474 g/mol. The van der Waals surface area contributed by atoms with Gasteiger partial charge in [0.05, 0.1) is 0 Å². The van der Waals surface area contributed by atoms with Gasteiger partial charge in [-0.2, -0.15) is 4.20 Å². The van der Waals surface area contributed by atoms with E-state index in [2.05, 4.69) is 41.5 Å². The monoisotopic (exact) mass is 520 g/mol. The largest absolute Gasteiger partial charge is 0.507 e. The second kappa shape index (κ2) is 9.57. The number of rotatable bonds is 4. The van der Waals surface area contributed by atoms with Gasteiger partial charge in [0.1, 0.15) is 17.1 Å². The number of hydrogen-bond donors (Lipinski definition) is 3. The molecule has 0 spiro atoms. The fourth-order valence-electron chi connectivity index (χ4n) is 4.40. The summed E-state index contributed by atoms with van der Waals surface area (Å²) in [6.07, 6.45) is 0. The van der Waals surface area contributed by atoms with Crippen LogP contribution < -0.4 is 0 Å². The van der Waals surface area contributed by atoms with Crippen LogP contribution in [-0.4, -0.2) is 15.1 Å². The van der Waals surface area contributed by atoms with Crippen LogP contribution in [0.2, 0.25) is 0 Å². The molecule has 0 heterocycles. The second-order valence-corrected chi connectivity index (χ2v) is 14.8. The lowest BCUT2D eigenvalue weighted by Crippen LogP contribution is -2.30. The summed E-state index contributed by atoms with van der Waals surface area (Å²) in [6.45, 7) is 26.0. The zero-order valence-corrected chi connectivity index (χ0v) is 25.3. The van der Waals surface area contributed by atoms with Crippen molar-refractivity contribution in [2.24, 2.45) is 0 Å². The average molecular weight is 521 g/mol. The summed E-state index contributed by atoms with van der Waals surface area (Å²) in [5.74, 6) is -0.0690. The van der Waals surface area contributed by atoms with E-state index in [0.717, 1.165) is 11.1 Å². The standard InChI is InChI=1S/C30H46FO4P/c1-26(2,3)18-14-20(28(7,8)9)24(32)22(16-18)30(13,35-36(31)34)23-17-19(27(4,5)6)15-21(25(23)33)29(10,11)12/h14-17,32-34H,1-13H3. The van der Waals surface area contributed by atoms with E-state index in [1.54, 1.807) is 6.92 Å². The first-order chi connectivity index (χ1) is 15.9. The van der Waals surface area contributed by atoms with E-state index < -0.39 is 25.1 Å². The average Bonchev–Trinajstić information content (AvgIpc) is 2.63. The first-order valence-electron chi connectivity index (χ1n) is 12.5. The van der Waals surface area contributed by atoms with Gasteiger partial charge in [0.2, 0.25) is 0 Å². The first kappa shape index (κ1) is 30.5. The van der Waals surface area contributed by atoms with E-state index >= 15 is 0 Å². The number of hydrogen-bond acceptors (Lipinski definition) is 4. The van der Waals surface area contributed by atoms with Crippen LogP contribution in [0.4, 0.5) is 4.20 Å². The molecule has 0 saturated heterocycles. The SMILES string of the molecule is CC(C)(C)c1cc(C(C)(C)C)c(O)c(C(C)(OP(O)F)c2cc(C(C)(C)C)cc(C(C)(C)C)c2O)c1. The molecule has 1 unspecified atom stereocenters. The zero-order valence-electron chi connectivity index (χ0n) is 24.4. The van der Waals surface area contributed by atoms with Crippen molar-refractivity contribution in [3.05, 3.63) is 57.6 Å². The number of aromatic hydroxyl groups is 2. The summed E-state index contributed by atoms with van der Waals surface area (Å²) >= 11 is 0. The molecule has 36 heavy (non-hydrogen) atoms. The van der Waals surface area contributed by atoms with Crippen LogP contribution in [-0.2, 0) is 31.8 Å². The van der Waals surface area contributed by atoms with Gasteiger partial charge in [-0.1, -0.05) is 95.2 Å². The maximum atomic E-state index is 14.4. The molecule has 0 radical (unpaired) electrons. The Kier molecular flexibility index (Phi) is 8.12. The molecule has 2 aromatic rings. The zero-order chi connectivity index (χ0) is 28.2. The minimum absolute atomic E-state index is 0.0345. The molecule has 4 nitrogen and oxygen atoms in total. The molecule has 6 heteroatoms. The molecule has 3 N–H and O–H groups in total. The van der Waals surface area contributed by atoms with Crippen molar-refractivity contribution in [3.8, 4) is 11.5 Å². The normalized spacial score (nSPS) is 14.8. The van der Waals surface area contributed by atoms with Gasteiger partial charge < -0.3 is 15.1 Å². The van der Waals surface area contributed by atoms with Gasteiger partial charge in [0, 0.05) is 11.1 Å². The van der Waals surface area contributed by atoms with Crippen LogP contribution in [0.25, 0.3) is 0 Å².